The number of hydrogen-bond donors (Lipinski definition) is 1. The quantitative estimate of drug-likeness (QED) is 0.589. The Morgan fingerprint density at radius 3 is 2.61 bits per heavy atom. The van der Waals surface area contributed by atoms with Crippen LogP contribution >= 0.6 is 11.8 Å². The number of carbonyl (C=O) groups excluding carboxylic acids is 2. The molecular formula is C23H26N4O3S. The van der Waals surface area contributed by atoms with E-state index in [1.165, 1.54) is 4.90 Å². The van der Waals surface area contributed by atoms with Crippen molar-refractivity contribution in [3.8, 4) is 0 Å². The fourth-order valence-electron chi connectivity index (χ4n) is 3.86. The van der Waals surface area contributed by atoms with Crippen molar-refractivity contribution >= 4 is 46.4 Å². The number of benzene rings is 2. The van der Waals surface area contributed by atoms with Gasteiger partial charge in [0.15, 0.2) is 5.58 Å². The predicted molar refractivity (Wildman–Crippen MR) is 123 cm³/mol. The average Bonchev–Trinajstić information content (AvgIpc) is 3.23. The first-order valence-electron chi connectivity index (χ1n) is 10.3. The molecular weight excluding hydrogens is 412 g/mol. The zero-order valence-corrected chi connectivity index (χ0v) is 18.5. The third-order valence-corrected chi connectivity index (χ3v) is 6.33. The first-order chi connectivity index (χ1) is 15.0. The minimum Gasteiger partial charge on any atom is -0.423 e. The molecule has 0 radical (unpaired) electrons. The minimum atomic E-state index is -0.193. The summed E-state index contributed by atoms with van der Waals surface area (Å²) in [5.41, 5.74) is 2.38. The topological polar surface area (TPSA) is 78.7 Å². The van der Waals surface area contributed by atoms with E-state index in [1.807, 2.05) is 54.8 Å². The molecule has 31 heavy (non-hydrogen) atoms. The second-order valence-electron chi connectivity index (χ2n) is 7.67. The number of nitrogens with zero attached hydrogens (tertiary/aromatic N) is 3. The molecule has 2 aromatic carbocycles. The lowest BCUT2D eigenvalue weighted by Gasteiger charge is -2.32. The zero-order chi connectivity index (χ0) is 21.8. The molecule has 162 valence electrons. The minimum absolute atomic E-state index is 0.00511. The van der Waals surface area contributed by atoms with Crippen molar-refractivity contribution in [3.05, 3.63) is 48.5 Å². The summed E-state index contributed by atoms with van der Waals surface area (Å²) < 4.78 is 5.84. The molecule has 8 heteroatoms. The molecule has 2 heterocycles. The zero-order valence-electron chi connectivity index (χ0n) is 17.7. The predicted octanol–water partition coefficient (Wildman–Crippen LogP) is 3.86. The van der Waals surface area contributed by atoms with E-state index < -0.39 is 0 Å². The maximum absolute atomic E-state index is 12.9. The summed E-state index contributed by atoms with van der Waals surface area (Å²) in [6.07, 6.45) is 3.38. The summed E-state index contributed by atoms with van der Waals surface area (Å²) in [6, 6.07) is 15.9. The SMILES string of the molecule is CSc1ccccc1NC(=O)CN(C)C(=O)C1CCN(c2nc3ccccc3o2)CC1. The summed E-state index contributed by atoms with van der Waals surface area (Å²) in [6.45, 7) is 1.43. The van der Waals surface area contributed by atoms with Crippen molar-refractivity contribution in [3.63, 3.8) is 0 Å². The summed E-state index contributed by atoms with van der Waals surface area (Å²) in [4.78, 5) is 34.5. The molecule has 0 saturated carbocycles. The van der Waals surface area contributed by atoms with E-state index in [1.54, 1.807) is 18.8 Å². The van der Waals surface area contributed by atoms with Crippen LogP contribution in [0.25, 0.3) is 11.1 Å². The lowest BCUT2D eigenvalue weighted by molar-refractivity contribution is -0.137. The Bertz CT molecular complexity index is 1040. The summed E-state index contributed by atoms with van der Waals surface area (Å²) in [5, 5.41) is 2.91. The molecule has 1 saturated heterocycles. The Balaban J connectivity index is 1.30. The van der Waals surface area contributed by atoms with Crippen molar-refractivity contribution in [1.82, 2.24) is 9.88 Å². The van der Waals surface area contributed by atoms with Gasteiger partial charge in [0.1, 0.15) is 5.52 Å². The Morgan fingerprint density at radius 1 is 1.16 bits per heavy atom. The van der Waals surface area contributed by atoms with Gasteiger partial charge in [0, 0.05) is 31.0 Å². The van der Waals surface area contributed by atoms with Crippen molar-refractivity contribution in [2.24, 2.45) is 5.92 Å². The Hall–Kier alpha value is -3.00. The molecule has 0 atom stereocenters. The molecule has 1 aliphatic heterocycles. The number of thioether (sulfide) groups is 1. The van der Waals surface area contributed by atoms with Crippen LogP contribution in [0.15, 0.2) is 57.8 Å². The standard InChI is InChI=1S/C23H26N4O3S/c1-26(15-21(28)24-18-8-4-6-10-20(18)31-2)22(29)16-11-13-27(14-12-16)23-25-17-7-3-5-9-19(17)30-23/h3-10,16H,11-15H2,1-2H3,(H,24,28). The summed E-state index contributed by atoms with van der Waals surface area (Å²) >= 11 is 1.57. The maximum Gasteiger partial charge on any atom is 0.298 e. The smallest absolute Gasteiger partial charge is 0.298 e. The fourth-order valence-corrected chi connectivity index (χ4v) is 4.41. The van der Waals surface area contributed by atoms with Crippen LogP contribution in [0.1, 0.15) is 12.8 Å². The van der Waals surface area contributed by atoms with Crippen LogP contribution in [-0.4, -0.2) is 54.6 Å². The van der Waals surface area contributed by atoms with Gasteiger partial charge in [-0.25, -0.2) is 0 Å². The van der Waals surface area contributed by atoms with Gasteiger partial charge in [-0.3, -0.25) is 9.59 Å². The van der Waals surface area contributed by atoms with Gasteiger partial charge in [0.05, 0.1) is 12.2 Å². The normalized spacial score (nSPS) is 14.6. The summed E-state index contributed by atoms with van der Waals surface area (Å²) in [5.74, 6) is -0.288. The van der Waals surface area contributed by atoms with E-state index in [2.05, 4.69) is 15.2 Å². The molecule has 1 fully saturated rings. The molecule has 0 aliphatic carbocycles. The van der Waals surface area contributed by atoms with Crippen LogP contribution in [0.4, 0.5) is 11.7 Å². The molecule has 1 aliphatic rings. The highest BCUT2D eigenvalue weighted by Gasteiger charge is 2.29. The second-order valence-corrected chi connectivity index (χ2v) is 8.52. The molecule has 1 aromatic heterocycles. The Morgan fingerprint density at radius 2 is 1.87 bits per heavy atom. The van der Waals surface area contributed by atoms with Crippen LogP contribution in [0.2, 0.25) is 0 Å². The molecule has 0 spiro atoms. The van der Waals surface area contributed by atoms with E-state index in [4.69, 9.17) is 4.42 Å². The van der Waals surface area contributed by atoms with E-state index in [0.29, 0.717) is 31.9 Å². The maximum atomic E-state index is 12.9. The highest BCUT2D eigenvalue weighted by Crippen LogP contribution is 2.27. The van der Waals surface area contributed by atoms with Crippen molar-refractivity contribution in [2.45, 2.75) is 17.7 Å². The second kappa shape index (κ2) is 9.43. The third kappa shape index (κ3) is 4.85. The van der Waals surface area contributed by atoms with Crippen molar-refractivity contribution in [2.75, 3.05) is 43.2 Å². The molecule has 1 N–H and O–H groups in total. The van der Waals surface area contributed by atoms with Crippen LogP contribution in [0.3, 0.4) is 0 Å². The van der Waals surface area contributed by atoms with Gasteiger partial charge >= 0.3 is 0 Å². The first kappa shape index (κ1) is 21.2. The van der Waals surface area contributed by atoms with E-state index in [9.17, 15) is 9.59 Å². The van der Waals surface area contributed by atoms with Gasteiger partial charge in [-0.05, 0) is 43.4 Å². The number of carbonyl (C=O) groups is 2. The number of hydrogen-bond acceptors (Lipinski definition) is 6. The molecule has 0 bridgehead atoms. The number of amides is 2. The number of aromatic nitrogens is 1. The van der Waals surface area contributed by atoms with Gasteiger partial charge in [-0.15, -0.1) is 11.8 Å². The van der Waals surface area contributed by atoms with Gasteiger partial charge in [0.2, 0.25) is 11.8 Å². The largest absolute Gasteiger partial charge is 0.423 e. The Labute approximate surface area is 185 Å². The monoisotopic (exact) mass is 438 g/mol. The van der Waals surface area contributed by atoms with Gasteiger partial charge in [-0.1, -0.05) is 24.3 Å². The van der Waals surface area contributed by atoms with Crippen LogP contribution in [0, 0.1) is 5.92 Å². The molecule has 2 amide bonds. The third-order valence-electron chi connectivity index (χ3n) is 5.54. The summed E-state index contributed by atoms with van der Waals surface area (Å²) in [7, 11) is 1.69. The van der Waals surface area contributed by atoms with Crippen molar-refractivity contribution < 1.29 is 14.0 Å². The lowest BCUT2D eigenvalue weighted by atomic mass is 9.95. The molecule has 4 rings (SSSR count). The van der Waals surface area contributed by atoms with Gasteiger partial charge < -0.3 is 19.5 Å². The molecule has 0 unspecified atom stereocenters. The number of para-hydroxylation sites is 3. The number of likely N-dealkylation sites (N-methyl/N-ethyl adjacent to an activating group) is 1. The number of anilines is 2. The highest BCUT2D eigenvalue weighted by atomic mass is 32.2. The van der Waals surface area contributed by atoms with E-state index in [-0.39, 0.29) is 24.3 Å². The van der Waals surface area contributed by atoms with Gasteiger partial charge in [0.25, 0.3) is 6.01 Å². The molecule has 7 nitrogen and oxygen atoms in total. The number of nitrogens with one attached hydrogen (secondary N) is 1. The Kier molecular flexibility index (Phi) is 6.46. The number of rotatable bonds is 6. The number of piperidine rings is 1. The molecule has 3 aromatic rings. The lowest BCUT2D eigenvalue weighted by Crippen LogP contribution is -2.43. The van der Waals surface area contributed by atoms with Crippen LogP contribution in [-0.2, 0) is 9.59 Å². The van der Waals surface area contributed by atoms with Crippen molar-refractivity contribution in [1.29, 1.82) is 0 Å². The van der Waals surface area contributed by atoms with Crippen LogP contribution < -0.4 is 10.2 Å². The fraction of sp³-hybridized carbons (Fsp3) is 0.348. The van der Waals surface area contributed by atoms with E-state index in [0.717, 1.165) is 21.7 Å². The number of oxazole rings is 1. The van der Waals surface area contributed by atoms with E-state index >= 15 is 0 Å². The average molecular weight is 439 g/mol. The van der Waals surface area contributed by atoms with Gasteiger partial charge in [-0.2, -0.15) is 4.98 Å². The first-order valence-corrected chi connectivity index (χ1v) is 11.6. The van der Waals surface area contributed by atoms with Crippen LogP contribution in [0.5, 0.6) is 0 Å². The highest BCUT2D eigenvalue weighted by molar-refractivity contribution is 7.98. The number of fused-ring (bicyclic) bond motifs is 1.